The zero-order valence-electron chi connectivity index (χ0n) is 11.9. The van der Waals surface area contributed by atoms with Crippen LogP contribution in [0.4, 0.5) is 4.39 Å². The Labute approximate surface area is 131 Å². The maximum absolute atomic E-state index is 13.7. The van der Waals surface area contributed by atoms with E-state index in [1.54, 1.807) is 23.6 Å². The Balaban J connectivity index is 2.19. The number of hydrogen-bond acceptors (Lipinski definition) is 5. The lowest BCUT2D eigenvalue weighted by Gasteiger charge is -2.20. The van der Waals surface area contributed by atoms with E-state index in [0.29, 0.717) is 23.5 Å². The molecular weight excluding hydrogens is 307 g/mol. The summed E-state index contributed by atoms with van der Waals surface area (Å²) in [5, 5.41) is 19.9. The van der Waals surface area contributed by atoms with Crippen molar-refractivity contribution in [1.82, 2.24) is 9.88 Å². The number of halogens is 1. The Morgan fingerprint density at radius 1 is 1.23 bits per heavy atom. The number of aromatic nitrogens is 1. The summed E-state index contributed by atoms with van der Waals surface area (Å²) in [6.07, 6.45) is 0.427. The predicted octanol–water partition coefficient (Wildman–Crippen LogP) is 1.77. The number of carbonyl (C=O) groups excluding carboxylic acids is 1. The Hall–Kier alpha value is -1.83. The van der Waals surface area contributed by atoms with Crippen LogP contribution in [0.3, 0.4) is 0 Å². The Bertz CT molecular complexity index is 633. The Kier molecular flexibility index (Phi) is 6.00. The van der Waals surface area contributed by atoms with Gasteiger partial charge in [-0.1, -0.05) is 12.1 Å². The standard InChI is InChI=1S/C15H17FN2O3S/c16-12-5-2-1-4-11(12)14-17-13(10-22-14)15(21)18(7-9-20)6-3-8-19/h1-2,4-5,10,19-20H,3,6-9H2. The third-order valence-corrected chi connectivity index (χ3v) is 3.95. The Morgan fingerprint density at radius 3 is 2.68 bits per heavy atom. The topological polar surface area (TPSA) is 73.7 Å². The number of thiazole rings is 1. The molecule has 0 fully saturated rings. The van der Waals surface area contributed by atoms with E-state index >= 15 is 0 Å². The van der Waals surface area contributed by atoms with Crippen LogP contribution in [0.2, 0.25) is 0 Å². The van der Waals surface area contributed by atoms with Crippen LogP contribution in [0.1, 0.15) is 16.9 Å². The molecule has 0 aliphatic heterocycles. The van der Waals surface area contributed by atoms with Crippen LogP contribution in [0.15, 0.2) is 29.6 Å². The number of amides is 1. The minimum absolute atomic E-state index is 0.0350. The zero-order chi connectivity index (χ0) is 15.9. The van der Waals surface area contributed by atoms with E-state index < -0.39 is 0 Å². The van der Waals surface area contributed by atoms with E-state index in [0.717, 1.165) is 0 Å². The van der Waals surface area contributed by atoms with Gasteiger partial charge < -0.3 is 15.1 Å². The van der Waals surface area contributed by atoms with Crippen molar-refractivity contribution in [2.75, 3.05) is 26.3 Å². The number of rotatable bonds is 7. The molecule has 22 heavy (non-hydrogen) atoms. The van der Waals surface area contributed by atoms with Crippen molar-refractivity contribution < 1.29 is 19.4 Å². The van der Waals surface area contributed by atoms with Crippen LogP contribution < -0.4 is 0 Å². The first kappa shape index (κ1) is 16.5. The average molecular weight is 324 g/mol. The molecule has 0 aliphatic carbocycles. The molecule has 0 aliphatic rings. The molecule has 0 bridgehead atoms. The molecule has 1 aromatic heterocycles. The van der Waals surface area contributed by atoms with Gasteiger partial charge in [0.2, 0.25) is 0 Å². The van der Waals surface area contributed by atoms with Gasteiger partial charge in [0.05, 0.1) is 6.61 Å². The first-order valence-corrected chi connectivity index (χ1v) is 7.76. The highest BCUT2D eigenvalue weighted by Crippen LogP contribution is 2.26. The third-order valence-electron chi connectivity index (χ3n) is 3.07. The van der Waals surface area contributed by atoms with E-state index in [9.17, 15) is 9.18 Å². The van der Waals surface area contributed by atoms with Gasteiger partial charge in [0.25, 0.3) is 5.91 Å². The largest absolute Gasteiger partial charge is 0.396 e. The molecule has 2 N–H and O–H groups in total. The van der Waals surface area contributed by atoms with Crippen molar-refractivity contribution in [2.45, 2.75) is 6.42 Å². The van der Waals surface area contributed by atoms with Gasteiger partial charge in [-0.05, 0) is 18.6 Å². The van der Waals surface area contributed by atoms with Crippen molar-refractivity contribution >= 4 is 17.2 Å². The lowest BCUT2D eigenvalue weighted by molar-refractivity contribution is 0.0705. The second-order valence-electron chi connectivity index (χ2n) is 4.61. The Morgan fingerprint density at radius 2 is 2.00 bits per heavy atom. The van der Waals surface area contributed by atoms with E-state index in [4.69, 9.17) is 10.2 Å². The molecule has 5 nitrogen and oxygen atoms in total. The molecule has 118 valence electrons. The molecule has 0 atom stereocenters. The SMILES string of the molecule is O=C(c1csc(-c2ccccc2F)n1)N(CCO)CCCO. The van der Waals surface area contributed by atoms with E-state index in [2.05, 4.69) is 4.98 Å². The third kappa shape index (κ3) is 3.88. The molecule has 1 amide bonds. The molecule has 0 unspecified atom stereocenters. The predicted molar refractivity (Wildman–Crippen MR) is 82.2 cm³/mol. The molecule has 1 heterocycles. The van der Waals surface area contributed by atoms with Gasteiger partial charge >= 0.3 is 0 Å². The number of aliphatic hydroxyl groups excluding tert-OH is 2. The van der Waals surface area contributed by atoms with Crippen LogP contribution >= 0.6 is 11.3 Å². The number of aliphatic hydroxyl groups is 2. The maximum Gasteiger partial charge on any atom is 0.273 e. The fourth-order valence-electron chi connectivity index (χ4n) is 1.99. The quantitative estimate of drug-likeness (QED) is 0.814. The fourth-order valence-corrected chi connectivity index (χ4v) is 2.81. The number of carbonyl (C=O) groups is 1. The summed E-state index contributed by atoms with van der Waals surface area (Å²) in [5.41, 5.74) is 0.574. The van der Waals surface area contributed by atoms with E-state index in [1.165, 1.54) is 22.3 Å². The lowest BCUT2D eigenvalue weighted by atomic mass is 10.2. The minimum atomic E-state index is -0.386. The second kappa shape index (κ2) is 7.98. The molecule has 0 spiro atoms. The van der Waals surface area contributed by atoms with Gasteiger partial charge in [0, 0.05) is 30.6 Å². The van der Waals surface area contributed by atoms with Crippen LogP contribution in [0.5, 0.6) is 0 Å². The van der Waals surface area contributed by atoms with E-state index in [1.807, 2.05) is 0 Å². The summed E-state index contributed by atoms with van der Waals surface area (Å²) >= 11 is 1.19. The van der Waals surface area contributed by atoms with Gasteiger partial charge in [-0.15, -0.1) is 11.3 Å². The summed E-state index contributed by atoms with van der Waals surface area (Å²) in [5.74, 6) is -0.718. The van der Waals surface area contributed by atoms with Gasteiger partial charge in [0.1, 0.15) is 16.5 Å². The van der Waals surface area contributed by atoms with Crippen molar-refractivity contribution in [3.05, 3.63) is 41.2 Å². The van der Waals surface area contributed by atoms with Crippen molar-refractivity contribution in [1.29, 1.82) is 0 Å². The van der Waals surface area contributed by atoms with Gasteiger partial charge in [0.15, 0.2) is 0 Å². The van der Waals surface area contributed by atoms with Crippen LogP contribution in [-0.4, -0.2) is 52.3 Å². The van der Waals surface area contributed by atoms with Crippen molar-refractivity contribution in [3.63, 3.8) is 0 Å². The summed E-state index contributed by atoms with van der Waals surface area (Å²) in [6.45, 7) is 0.308. The molecule has 7 heteroatoms. The molecule has 2 aromatic rings. The highest BCUT2D eigenvalue weighted by atomic mass is 32.1. The highest BCUT2D eigenvalue weighted by Gasteiger charge is 2.19. The average Bonchev–Trinajstić information content (AvgIpc) is 3.01. The zero-order valence-corrected chi connectivity index (χ0v) is 12.7. The molecule has 0 saturated heterocycles. The summed E-state index contributed by atoms with van der Waals surface area (Å²) in [7, 11) is 0. The van der Waals surface area contributed by atoms with Gasteiger partial charge in [-0.3, -0.25) is 4.79 Å². The first-order valence-electron chi connectivity index (χ1n) is 6.88. The maximum atomic E-state index is 13.7. The van der Waals surface area contributed by atoms with E-state index in [-0.39, 0.29) is 37.2 Å². The molecule has 0 saturated carbocycles. The van der Waals surface area contributed by atoms with Crippen LogP contribution in [0.25, 0.3) is 10.6 Å². The molecule has 1 aromatic carbocycles. The monoisotopic (exact) mass is 324 g/mol. The van der Waals surface area contributed by atoms with Crippen molar-refractivity contribution in [3.8, 4) is 10.6 Å². The molecule has 2 rings (SSSR count). The number of nitrogens with zero attached hydrogens (tertiary/aromatic N) is 2. The fraction of sp³-hybridized carbons (Fsp3) is 0.333. The molecular formula is C15H17FN2O3S. The van der Waals surface area contributed by atoms with Gasteiger partial charge in [-0.25, -0.2) is 9.37 Å². The van der Waals surface area contributed by atoms with Gasteiger partial charge in [-0.2, -0.15) is 0 Å². The number of hydrogen-bond donors (Lipinski definition) is 2. The summed E-state index contributed by atoms with van der Waals surface area (Å²) < 4.78 is 13.7. The summed E-state index contributed by atoms with van der Waals surface area (Å²) in [6, 6.07) is 6.26. The minimum Gasteiger partial charge on any atom is -0.396 e. The smallest absolute Gasteiger partial charge is 0.273 e. The second-order valence-corrected chi connectivity index (χ2v) is 5.47. The first-order chi connectivity index (χ1) is 10.7. The normalized spacial score (nSPS) is 10.7. The lowest BCUT2D eigenvalue weighted by Crippen LogP contribution is -2.35. The number of benzene rings is 1. The highest BCUT2D eigenvalue weighted by molar-refractivity contribution is 7.13. The van der Waals surface area contributed by atoms with Crippen LogP contribution in [-0.2, 0) is 0 Å². The van der Waals surface area contributed by atoms with Crippen molar-refractivity contribution in [2.24, 2.45) is 0 Å². The summed E-state index contributed by atoms with van der Waals surface area (Å²) in [4.78, 5) is 18.0. The van der Waals surface area contributed by atoms with Crippen LogP contribution in [0, 0.1) is 5.82 Å². The molecule has 0 radical (unpaired) electrons.